The third-order valence-corrected chi connectivity index (χ3v) is 8.05. The number of aliphatic hydroxyl groups excluding tert-OH is 2. The molecule has 20 heteroatoms. The summed E-state index contributed by atoms with van der Waals surface area (Å²) in [7, 11) is -11.0. The van der Waals surface area contributed by atoms with Crippen molar-refractivity contribution in [2.45, 2.75) is 24.4 Å². The van der Waals surface area contributed by atoms with Crippen molar-refractivity contribution in [3.8, 4) is 0 Å². The molecule has 1 fully saturated rings. The molecule has 4 unspecified atom stereocenters. The second kappa shape index (κ2) is 8.86. The zero-order chi connectivity index (χ0) is 22.2. The van der Waals surface area contributed by atoms with E-state index in [0.29, 0.717) is 0 Å². The van der Waals surface area contributed by atoms with Crippen molar-refractivity contribution in [3.63, 3.8) is 0 Å². The van der Waals surface area contributed by atoms with E-state index in [0.717, 1.165) is 6.20 Å². The van der Waals surface area contributed by atoms with Crippen molar-refractivity contribution in [2.24, 2.45) is 0 Å². The van der Waals surface area contributed by atoms with Crippen LogP contribution in [0.4, 0.5) is 0 Å². The maximum absolute atomic E-state index is 11.8. The summed E-state index contributed by atoms with van der Waals surface area (Å²) in [5, 5.41) is 20.0. The molecular formula is C9H15N2O14P3S. The number of rotatable bonds is 8. The molecule has 0 radical (unpaired) electrons. The van der Waals surface area contributed by atoms with Crippen molar-refractivity contribution in [3.05, 3.63) is 32.6 Å². The SMILES string of the molecule is O=c1[nH]cc([C@@H]2O[C@H](COP(O)(=S)OP(=O)(O)OP(=O)(O)O)C(O)C2O)c(=O)[nH]1. The summed E-state index contributed by atoms with van der Waals surface area (Å²) in [6, 6.07) is 0. The molecule has 166 valence electrons. The quantitative estimate of drug-likeness (QED) is 0.174. The molecule has 0 bridgehead atoms. The van der Waals surface area contributed by atoms with E-state index in [9.17, 15) is 33.8 Å². The molecule has 1 aliphatic rings. The van der Waals surface area contributed by atoms with Crippen LogP contribution in [-0.4, -0.2) is 64.7 Å². The third kappa shape index (κ3) is 6.95. The minimum atomic E-state index is -5.52. The van der Waals surface area contributed by atoms with Crippen LogP contribution in [-0.2, 0) is 38.8 Å². The van der Waals surface area contributed by atoms with Crippen LogP contribution in [0.1, 0.15) is 11.7 Å². The third-order valence-electron chi connectivity index (χ3n) is 3.33. The van der Waals surface area contributed by atoms with Gasteiger partial charge in [0.05, 0.1) is 12.2 Å². The smallest absolute Gasteiger partial charge is 0.387 e. The van der Waals surface area contributed by atoms with Gasteiger partial charge in [0, 0.05) is 6.20 Å². The standard InChI is InChI=1S/C9H15N2O14P3S/c12-5-4(2-22-28(21,29)25-27(19,20)24-26(16,17)18)23-7(6(5)13)3-1-10-9(15)11-8(3)14/h1,4-7,12-13H,2H2,(H,19,20)(H,21,29)(H2,16,17,18)(H2,10,11,14,15)/t4-,5?,6?,7+,28?/m1/s1. The van der Waals surface area contributed by atoms with Crippen LogP contribution in [0.5, 0.6) is 0 Å². The highest BCUT2D eigenvalue weighted by Gasteiger charge is 2.46. The average molecular weight is 500 g/mol. The summed E-state index contributed by atoms with van der Waals surface area (Å²) < 4.78 is 39.4. The van der Waals surface area contributed by atoms with Crippen LogP contribution in [0.15, 0.2) is 15.8 Å². The Bertz CT molecular complexity index is 1000. The monoisotopic (exact) mass is 500 g/mol. The molecule has 0 amide bonds. The minimum Gasteiger partial charge on any atom is -0.387 e. The summed E-state index contributed by atoms with van der Waals surface area (Å²) in [5.41, 5.74) is -1.97. The highest BCUT2D eigenvalue weighted by atomic mass is 32.5. The number of nitrogens with one attached hydrogen (secondary N) is 2. The van der Waals surface area contributed by atoms with Gasteiger partial charge in [-0.3, -0.25) is 9.78 Å². The van der Waals surface area contributed by atoms with Gasteiger partial charge in [-0.1, -0.05) is 0 Å². The fourth-order valence-electron chi connectivity index (χ4n) is 2.25. The number of H-pyrrole nitrogens is 2. The Balaban J connectivity index is 2.06. The van der Waals surface area contributed by atoms with Gasteiger partial charge in [-0.15, -0.1) is 0 Å². The zero-order valence-electron chi connectivity index (χ0n) is 13.8. The van der Waals surface area contributed by atoms with Gasteiger partial charge in [-0.2, -0.15) is 4.31 Å². The highest BCUT2D eigenvalue weighted by Crippen LogP contribution is 2.66. The molecule has 16 nitrogen and oxygen atoms in total. The fraction of sp³-hybridized carbons (Fsp3) is 0.556. The van der Waals surface area contributed by atoms with Crippen LogP contribution in [0.2, 0.25) is 0 Å². The molecule has 1 saturated heterocycles. The Morgan fingerprint density at radius 1 is 1.10 bits per heavy atom. The number of hydrogen-bond donors (Lipinski definition) is 8. The van der Waals surface area contributed by atoms with Crippen molar-refractivity contribution in [1.82, 2.24) is 9.97 Å². The normalized spacial score (nSPS) is 29.3. The number of aliphatic hydroxyl groups is 2. The van der Waals surface area contributed by atoms with E-state index >= 15 is 0 Å². The first-order chi connectivity index (χ1) is 13.1. The van der Waals surface area contributed by atoms with Crippen LogP contribution < -0.4 is 11.2 Å². The Morgan fingerprint density at radius 2 is 1.72 bits per heavy atom. The molecule has 0 saturated carbocycles. The van der Waals surface area contributed by atoms with Gasteiger partial charge in [0.25, 0.3) is 5.56 Å². The molecule has 1 aliphatic heterocycles. The van der Waals surface area contributed by atoms with E-state index in [2.05, 4.69) is 29.9 Å². The number of hydrogen-bond acceptors (Lipinski definition) is 11. The molecule has 0 aliphatic carbocycles. The number of phosphoric acid groups is 2. The van der Waals surface area contributed by atoms with E-state index in [1.165, 1.54) is 0 Å². The number of aromatic amines is 2. The first-order valence-electron chi connectivity index (χ1n) is 7.22. The summed E-state index contributed by atoms with van der Waals surface area (Å²) >= 11 is 4.40. The van der Waals surface area contributed by atoms with Gasteiger partial charge in [0.15, 0.2) is 0 Å². The second-order valence-corrected chi connectivity index (χ2v) is 11.3. The Hall–Kier alpha value is -0.610. The van der Waals surface area contributed by atoms with Gasteiger partial charge < -0.3 is 44.0 Å². The largest absolute Gasteiger partial charge is 0.488 e. The first kappa shape index (κ1) is 24.7. The number of ether oxygens (including phenoxy) is 1. The van der Waals surface area contributed by atoms with Gasteiger partial charge in [-0.05, 0) is 11.8 Å². The molecule has 2 heterocycles. The van der Waals surface area contributed by atoms with Gasteiger partial charge in [-0.25, -0.2) is 18.2 Å². The molecule has 6 atom stereocenters. The fourth-order valence-corrected chi connectivity index (χ4v) is 6.22. The van der Waals surface area contributed by atoms with E-state index in [1.807, 2.05) is 4.98 Å². The molecule has 1 aromatic heterocycles. The summed E-state index contributed by atoms with van der Waals surface area (Å²) in [6.07, 6.45) is -5.26. The van der Waals surface area contributed by atoms with Crippen LogP contribution in [0, 0.1) is 0 Å². The van der Waals surface area contributed by atoms with E-state index in [4.69, 9.17) is 19.4 Å². The van der Waals surface area contributed by atoms with E-state index in [-0.39, 0.29) is 5.56 Å². The van der Waals surface area contributed by atoms with Crippen molar-refractivity contribution >= 4 is 34.2 Å². The molecule has 29 heavy (non-hydrogen) atoms. The van der Waals surface area contributed by atoms with Crippen LogP contribution in [0.3, 0.4) is 0 Å². The predicted octanol–water partition coefficient (Wildman–Crippen LogP) is -2.32. The topological polar surface area (TPSA) is 258 Å². The predicted molar refractivity (Wildman–Crippen MR) is 93.8 cm³/mol. The lowest BCUT2D eigenvalue weighted by Gasteiger charge is -2.21. The Labute approximate surface area is 165 Å². The summed E-state index contributed by atoms with van der Waals surface area (Å²) in [6.45, 7) is -5.48. The van der Waals surface area contributed by atoms with Crippen molar-refractivity contribution in [2.75, 3.05) is 6.61 Å². The van der Waals surface area contributed by atoms with Crippen molar-refractivity contribution in [1.29, 1.82) is 0 Å². The van der Waals surface area contributed by atoms with Crippen LogP contribution in [0.25, 0.3) is 0 Å². The lowest BCUT2D eigenvalue weighted by molar-refractivity contribution is -0.0196. The Kier molecular flexibility index (Phi) is 7.54. The molecule has 0 spiro atoms. The highest BCUT2D eigenvalue weighted by molar-refractivity contribution is 8.08. The molecule has 2 rings (SSSR count). The summed E-state index contributed by atoms with van der Waals surface area (Å²) in [4.78, 5) is 62.8. The Morgan fingerprint density at radius 3 is 2.28 bits per heavy atom. The molecule has 8 N–H and O–H groups in total. The maximum Gasteiger partial charge on any atom is 0.488 e. The van der Waals surface area contributed by atoms with E-state index < -0.39 is 64.6 Å². The van der Waals surface area contributed by atoms with Crippen molar-refractivity contribution < 1.29 is 56.8 Å². The van der Waals surface area contributed by atoms with E-state index in [1.54, 1.807) is 0 Å². The first-order valence-corrected chi connectivity index (χ1v) is 12.8. The second-order valence-electron chi connectivity index (χ2n) is 5.49. The van der Waals surface area contributed by atoms with Gasteiger partial charge in [0.2, 0.25) is 0 Å². The van der Waals surface area contributed by atoms with Gasteiger partial charge >= 0.3 is 28.1 Å². The van der Waals surface area contributed by atoms with Gasteiger partial charge in [0.1, 0.15) is 24.4 Å². The summed E-state index contributed by atoms with van der Waals surface area (Å²) in [5.74, 6) is 0. The average Bonchev–Trinajstić information content (AvgIpc) is 2.78. The molecule has 1 aromatic rings. The maximum atomic E-state index is 11.8. The lowest BCUT2D eigenvalue weighted by Crippen LogP contribution is -2.34. The number of aromatic nitrogens is 2. The van der Waals surface area contributed by atoms with Crippen LogP contribution >= 0.6 is 22.4 Å². The minimum absolute atomic E-state index is 0.242. The lowest BCUT2D eigenvalue weighted by atomic mass is 10.0. The zero-order valence-corrected chi connectivity index (χ0v) is 17.3. The molecular weight excluding hydrogens is 485 g/mol. The molecule has 0 aromatic carbocycles.